The highest BCUT2D eigenvalue weighted by atomic mass is 35.5. The Morgan fingerprint density at radius 3 is 2.59 bits per heavy atom. The highest BCUT2D eigenvalue weighted by molar-refractivity contribution is 6.32. The molecule has 3 N–H and O–H groups in total. The minimum absolute atomic E-state index is 0.0816. The molecule has 0 aliphatic carbocycles. The standard InChI is InChI=1S/C19H28ClN3O4/c1-3-23(4-2)17(24)12-27-16-6-5-14(11-15(16)20)22-19(25)18(21)13-7-9-26-10-8-13/h5-6,11,13,18H,3-4,7-10,12,21H2,1-2H3,(H,22,25). The van der Waals surface area contributed by atoms with Crippen molar-refractivity contribution in [2.75, 3.05) is 38.2 Å². The molecule has 1 heterocycles. The van der Waals surface area contributed by atoms with Crippen LogP contribution in [-0.2, 0) is 14.3 Å². The first-order valence-electron chi connectivity index (χ1n) is 9.30. The number of likely N-dealkylation sites (N-methyl/N-ethyl adjacent to an activating group) is 1. The van der Waals surface area contributed by atoms with Gasteiger partial charge in [-0.1, -0.05) is 11.6 Å². The number of amides is 2. The summed E-state index contributed by atoms with van der Waals surface area (Å²) in [5, 5.41) is 3.11. The van der Waals surface area contributed by atoms with Gasteiger partial charge in [-0.05, 0) is 50.8 Å². The Morgan fingerprint density at radius 1 is 1.33 bits per heavy atom. The number of carbonyl (C=O) groups excluding carboxylic acids is 2. The number of anilines is 1. The third-order valence-electron chi connectivity index (χ3n) is 4.74. The number of nitrogens with two attached hydrogens (primary N) is 1. The molecule has 7 nitrogen and oxygen atoms in total. The summed E-state index contributed by atoms with van der Waals surface area (Å²) in [5.41, 5.74) is 6.61. The molecule has 1 aromatic carbocycles. The lowest BCUT2D eigenvalue weighted by atomic mass is 9.92. The van der Waals surface area contributed by atoms with Crippen LogP contribution in [0, 0.1) is 5.92 Å². The quantitative estimate of drug-likeness (QED) is 0.701. The summed E-state index contributed by atoms with van der Waals surface area (Å²) >= 11 is 6.22. The molecule has 0 bridgehead atoms. The van der Waals surface area contributed by atoms with Crippen molar-refractivity contribution in [2.45, 2.75) is 32.7 Å². The van der Waals surface area contributed by atoms with Crippen LogP contribution < -0.4 is 15.8 Å². The summed E-state index contributed by atoms with van der Waals surface area (Å²) in [4.78, 5) is 26.0. The number of nitrogens with zero attached hydrogens (tertiary/aromatic N) is 1. The monoisotopic (exact) mass is 397 g/mol. The molecule has 0 saturated carbocycles. The lowest BCUT2D eigenvalue weighted by Crippen LogP contribution is -2.44. The van der Waals surface area contributed by atoms with E-state index in [2.05, 4.69) is 5.32 Å². The van der Waals surface area contributed by atoms with Crippen LogP contribution in [0.2, 0.25) is 5.02 Å². The molecule has 8 heteroatoms. The van der Waals surface area contributed by atoms with Crippen molar-refractivity contribution in [1.82, 2.24) is 4.90 Å². The van der Waals surface area contributed by atoms with Gasteiger partial charge < -0.3 is 25.4 Å². The highest BCUT2D eigenvalue weighted by Gasteiger charge is 2.26. The number of hydrogen-bond acceptors (Lipinski definition) is 5. The normalized spacial score (nSPS) is 15.9. The fourth-order valence-electron chi connectivity index (χ4n) is 3.02. The van der Waals surface area contributed by atoms with Crippen molar-refractivity contribution in [3.8, 4) is 5.75 Å². The van der Waals surface area contributed by atoms with Gasteiger partial charge in [0.2, 0.25) is 5.91 Å². The molecule has 1 atom stereocenters. The number of benzene rings is 1. The highest BCUT2D eigenvalue weighted by Crippen LogP contribution is 2.28. The Balaban J connectivity index is 1.91. The van der Waals surface area contributed by atoms with E-state index in [1.807, 2.05) is 13.8 Å². The van der Waals surface area contributed by atoms with E-state index in [-0.39, 0.29) is 24.3 Å². The smallest absolute Gasteiger partial charge is 0.260 e. The Hall–Kier alpha value is -1.83. The van der Waals surface area contributed by atoms with Crippen LogP contribution in [0.3, 0.4) is 0 Å². The number of rotatable bonds is 8. The van der Waals surface area contributed by atoms with Crippen molar-refractivity contribution in [3.05, 3.63) is 23.2 Å². The molecule has 1 aliphatic rings. The first-order chi connectivity index (χ1) is 13.0. The third kappa shape index (κ3) is 6.09. The van der Waals surface area contributed by atoms with Crippen LogP contribution in [0.25, 0.3) is 0 Å². The Bertz CT molecular complexity index is 646. The second-order valence-corrected chi connectivity index (χ2v) is 6.87. The summed E-state index contributed by atoms with van der Waals surface area (Å²) in [6.45, 7) is 6.27. The third-order valence-corrected chi connectivity index (χ3v) is 5.04. The summed E-state index contributed by atoms with van der Waals surface area (Å²) in [6, 6.07) is 4.31. The molecule has 1 fully saturated rings. The molecule has 2 amide bonds. The van der Waals surface area contributed by atoms with E-state index in [1.54, 1.807) is 23.1 Å². The molecule has 1 unspecified atom stereocenters. The second-order valence-electron chi connectivity index (χ2n) is 6.46. The Morgan fingerprint density at radius 2 is 2.00 bits per heavy atom. The van der Waals surface area contributed by atoms with Crippen LogP contribution in [0.15, 0.2) is 18.2 Å². The Labute approximate surface area is 165 Å². The molecule has 0 aromatic heterocycles. The van der Waals surface area contributed by atoms with Crippen molar-refractivity contribution in [2.24, 2.45) is 11.7 Å². The maximum atomic E-state index is 12.4. The van der Waals surface area contributed by atoms with Gasteiger partial charge in [-0.2, -0.15) is 0 Å². The minimum atomic E-state index is -0.588. The summed E-state index contributed by atoms with van der Waals surface area (Å²) in [5.74, 6) is 0.158. The molecule has 0 spiro atoms. The SMILES string of the molecule is CCN(CC)C(=O)COc1ccc(NC(=O)C(N)C2CCOCC2)cc1Cl. The second kappa shape index (κ2) is 10.5. The fourth-order valence-corrected chi connectivity index (χ4v) is 3.25. The molecule has 1 saturated heterocycles. The average Bonchev–Trinajstić information content (AvgIpc) is 2.68. The maximum absolute atomic E-state index is 12.4. The molecule has 1 aliphatic heterocycles. The van der Waals surface area contributed by atoms with Crippen molar-refractivity contribution < 1.29 is 19.1 Å². The van der Waals surface area contributed by atoms with E-state index >= 15 is 0 Å². The molecule has 0 radical (unpaired) electrons. The van der Waals surface area contributed by atoms with Crippen LogP contribution >= 0.6 is 11.6 Å². The topological polar surface area (TPSA) is 93.9 Å². The maximum Gasteiger partial charge on any atom is 0.260 e. The van der Waals surface area contributed by atoms with E-state index in [9.17, 15) is 9.59 Å². The first kappa shape index (κ1) is 21.5. The number of ether oxygens (including phenoxy) is 2. The zero-order valence-corrected chi connectivity index (χ0v) is 16.6. The van der Waals surface area contributed by atoms with Gasteiger partial charge in [0.1, 0.15) is 5.75 Å². The summed E-state index contributed by atoms with van der Waals surface area (Å²) < 4.78 is 10.8. The zero-order chi connectivity index (χ0) is 19.8. The van der Waals surface area contributed by atoms with Gasteiger partial charge in [-0.25, -0.2) is 0 Å². The largest absolute Gasteiger partial charge is 0.482 e. The fraction of sp³-hybridized carbons (Fsp3) is 0.579. The molecular formula is C19H28ClN3O4. The van der Waals surface area contributed by atoms with E-state index in [0.717, 1.165) is 12.8 Å². The number of hydrogen-bond donors (Lipinski definition) is 2. The molecule has 27 heavy (non-hydrogen) atoms. The van der Waals surface area contributed by atoms with Crippen molar-refractivity contribution in [1.29, 1.82) is 0 Å². The van der Waals surface area contributed by atoms with Gasteiger partial charge in [0.05, 0.1) is 11.1 Å². The lowest BCUT2D eigenvalue weighted by Gasteiger charge is -2.26. The predicted molar refractivity (Wildman–Crippen MR) is 105 cm³/mol. The Kier molecular flexibility index (Phi) is 8.34. The van der Waals surface area contributed by atoms with Gasteiger partial charge in [-0.15, -0.1) is 0 Å². The number of halogens is 1. The van der Waals surface area contributed by atoms with E-state index in [0.29, 0.717) is 42.8 Å². The van der Waals surface area contributed by atoms with Crippen LogP contribution in [0.4, 0.5) is 5.69 Å². The van der Waals surface area contributed by atoms with Gasteiger partial charge in [0, 0.05) is 32.0 Å². The summed E-state index contributed by atoms with van der Waals surface area (Å²) in [7, 11) is 0. The molecule has 1 aromatic rings. The number of carbonyl (C=O) groups is 2. The predicted octanol–water partition coefficient (Wildman–Crippen LogP) is 2.28. The average molecular weight is 398 g/mol. The van der Waals surface area contributed by atoms with E-state index in [1.165, 1.54) is 0 Å². The van der Waals surface area contributed by atoms with Crippen LogP contribution in [-0.4, -0.2) is 55.7 Å². The molecule has 2 rings (SSSR count). The minimum Gasteiger partial charge on any atom is -0.482 e. The molecule has 150 valence electrons. The van der Waals surface area contributed by atoms with E-state index in [4.69, 9.17) is 26.8 Å². The van der Waals surface area contributed by atoms with Crippen molar-refractivity contribution in [3.63, 3.8) is 0 Å². The van der Waals surface area contributed by atoms with Gasteiger partial charge in [0.15, 0.2) is 6.61 Å². The first-order valence-corrected chi connectivity index (χ1v) is 9.68. The van der Waals surface area contributed by atoms with Crippen LogP contribution in [0.5, 0.6) is 5.75 Å². The van der Waals surface area contributed by atoms with Gasteiger partial charge in [0.25, 0.3) is 5.91 Å². The van der Waals surface area contributed by atoms with Gasteiger partial charge in [-0.3, -0.25) is 9.59 Å². The van der Waals surface area contributed by atoms with Gasteiger partial charge >= 0.3 is 0 Å². The zero-order valence-electron chi connectivity index (χ0n) is 15.9. The van der Waals surface area contributed by atoms with Crippen LogP contribution in [0.1, 0.15) is 26.7 Å². The summed E-state index contributed by atoms with van der Waals surface area (Å²) in [6.07, 6.45) is 1.56. The van der Waals surface area contributed by atoms with E-state index < -0.39 is 6.04 Å². The van der Waals surface area contributed by atoms with Crippen molar-refractivity contribution >= 4 is 29.1 Å². The lowest BCUT2D eigenvalue weighted by molar-refractivity contribution is -0.133. The number of nitrogens with one attached hydrogen (secondary N) is 1. The molecular weight excluding hydrogens is 370 g/mol.